The fourth-order valence-corrected chi connectivity index (χ4v) is 3.88. The minimum absolute atomic E-state index is 0.0473. The maximum Gasteiger partial charge on any atom is 0.159 e. The van der Waals surface area contributed by atoms with Crippen molar-refractivity contribution in [3.8, 4) is 0 Å². The molecule has 0 saturated heterocycles. The molecule has 0 aliphatic carbocycles. The van der Waals surface area contributed by atoms with Crippen LogP contribution < -0.4 is 0 Å². The molecule has 0 amide bonds. The fraction of sp³-hybridized carbons (Fsp3) is 1.00. The minimum atomic E-state index is -0.0473. The van der Waals surface area contributed by atoms with Gasteiger partial charge in [-0.25, -0.2) is 0 Å². The molecule has 0 N–H and O–H groups in total. The lowest BCUT2D eigenvalue weighted by molar-refractivity contribution is -0.141. The van der Waals surface area contributed by atoms with E-state index in [1.165, 1.54) is 90.3 Å². The highest BCUT2D eigenvalue weighted by molar-refractivity contribution is 4.66. The van der Waals surface area contributed by atoms with Gasteiger partial charge in [-0.05, 0) is 66.0 Å². The highest BCUT2D eigenvalue weighted by atomic mass is 16.7. The van der Waals surface area contributed by atoms with Gasteiger partial charge >= 0.3 is 0 Å². The second-order valence-corrected chi connectivity index (χ2v) is 8.24. The van der Waals surface area contributed by atoms with Crippen molar-refractivity contribution in [3.05, 3.63) is 0 Å². The number of methoxy groups -OCH3 is 2. The number of hydrogen-bond acceptors (Lipinski definition) is 4. The lowest BCUT2D eigenvalue weighted by Gasteiger charge is -2.27. The van der Waals surface area contributed by atoms with Crippen LogP contribution in [0.3, 0.4) is 0 Å². The average molecular weight is 387 g/mol. The van der Waals surface area contributed by atoms with E-state index in [4.69, 9.17) is 9.47 Å². The topological polar surface area (TPSA) is 24.9 Å². The van der Waals surface area contributed by atoms with Gasteiger partial charge in [-0.3, -0.25) is 0 Å². The van der Waals surface area contributed by atoms with Gasteiger partial charge in [0.15, 0.2) is 6.29 Å². The third kappa shape index (κ3) is 15.4. The van der Waals surface area contributed by atoms with Crippen molar-refractivity contribution in [2.45, 2.75) is 90.8 Å². The van der Waals surface area contributed by atoms with E-state index >= 15 is 0 Å². The molecule has 1 atom stereocenters. The summed E-state index contributed by atoms with van der Waals surface area (Å²) in [5.41, 5.74) is 0. The third-order valence-electron chi connectivity index (χ3n) is 5.60. The van der Waals surface area contributed by atoms with E-state index in [2.05, 4.69) is 37.7 Å². The van der Waals surface area contributed by atoms with Gasteiger partial charge in [-0.1, -0.05) is 58.8 Å². The maximum absolute atomic E-state index is 5.61. The summed E-state index contributed by atoms with van der Waals surface area (Å²) in [5.74, 6) is 0.524. The van der Waals surface area contributed by atoms with Crippen LogP contribution in [0.2, 0.25) is 0 Å². The molecule has 0 radical (unpaired) electrons. The van der Waals surface area contributed by atoms with Crippen LogP contribution in [-0.2, 0) is 9.47 Å². The number of nitrogens with zero attached hydrogens (tertiary/aromatic N) is 2. The van der Waals surface area contributed by atoms with Crippen LogP contribution in [0, 0.1) is 5.92 Å². The molecule has 0 aliphatic heterocycles. The van der Waals surface area contributed by atoms with Crippen LogP contribution in [-0.4, -0.2) is 70.6 Å². The monoisotopic (exact) mass is 386 g/mol. The molecule has 0 fully saturated rings. The molecule has 0 bridgehead atoms. The fourth-order valence-electron chi connectivity index (χ4n) is 3.88. The molecule has 1 unspecified atom stereocenters. The Morgan fingerprint density at radius 1 is 0.667 bits per heavy atom. The van der Waals surface area contributed by atoms with Gasteiger partial charge in [-0.2, -0.15) is 0 Å². The van der Waals surface area contributed by atoms with Crippen molar-refractivity contribution in [1.82, 2.24) is 9.80 Å². The van der Waals surface area contributed by atoms with Gasteiger partial charge in [0.2, 0.25) is 0 Å². The van der Waals surface area contributed by atoms with Gasteiger partial charge in [-0.15, -0.1) is 0 Å². The summed E-state index contributed by atoms with van der Waals surface area (Å²) < 4.78 is 11.2. The standard InChI is InChI=1S/C23H50N2O2/c1-7-9-10-11-12-13-14-17-22(23(26-5)27-6)18-15-20-25(8-2)21-16-19-24(3)4/h22-23H,7-21H2,1-6H3. The molecule has 4 heteroatoms. The van der Waals surface area contributed by atoms with Crippen LogP contribution in [0.25, 0.3) is 0 Å². The van der Waals surface area contributed by atoms with Crippen molar-refractivity contribution in [2.75, 3.05) is 54.5 Å². The predicted octanol–water partition coefficient (Wildman–Crippen LogP) is 5.42. The van der Waals surface area contributed by atoms with Gasteiger partial charge in [0.1, 0.15) is 0 Å². The largest absolute Gasteiger partial charge is 0.356 e. The Labute approximate surface area is 171 Å². The number of unbranched alkanes of at least 4 members (excludes halogenated alkanes) is 6. The normalized spacial score (nSPS) is 13.2. The van der Waals surface area contributed by atoms with Crippen LogP contribution >= 0.6 is 0 Å². The molecule has 0 aromatic rings. The van der Waals surface area contributed by atoms with Gasteiger partial charge < -0.3 is 19.3 Å². The zero-order valence-electron chi connectivity index (χ0n) is 19.5. The molecule has 4 nitrogen and oxygen atoms in total. The zero-order valence-corrected chi connectivity index (χ0v) is 19.5. The van der Waals surface area contributed by atoms with E-state index in [0.717, 1.165) is 6.54 Å². The number of ether oxygens (including phenoxy) is 2. The lowest BCUT2D eigenvalue weighted by Crippen LogP contribution is -2.30. The van der Waals surface area contributed by atoms with Crippen LogP contribution in [0.4, 0.5) is 0 Å². The molecule has 0 aromatic heterocycles. The summed E-state index contributed by atoms with van der Waals surface area (Å²) >= 11 is 0. The molecular weight excluding hydrogens is 336 g/mol. The smallest absolute Gasteiger partial charge is 0.159 e. The van der Waals surface area contributed by atoms with Gasteiger partial charge in [0.25, 0.3) is 0 Å². The Morgan fingerprint density at radius 2 is 1.22 bits per heavy atom. The SMILES string of the molecule is CCCCCCCCCC(CCCN(CC)CCCN(C)C)C(OC)OC. The Morgan fingerprint density at radius 3 is 1.78 bits per heavy atom. The van der Waals surface area contributed by atoms with Gasteiger partial charge in [0, 0.05) is 20.1 Å². The van der Waals surface area contributed by atoms with E-state index in [9.17, 15) is 0 Å². The quantitative estimate of drug-likeness (QED) is 0.206. The van der Waals surface area contributed by atoms with E-state index in [0.29, 0.717) is 5.92 Å². The van der Waals surface area contributed by atoms with E-state index < -0.39 is 0 Å². The first-order chi connectivity index (χ1) is 13.1. The second kappa shape index (κ2) is 19.2. The summed E-state index contributed by atoms with van der Waals surface area (Å²) in [6.45, 7) is 9.27. The van der Waals surface area contributed by atoms with E-state index in [-0.39, 0.29) is 6.29 Å². The van der Waals surface area contributed by atoms with Crippen LogP contribution in [0.1, 0.15) is 84.5 Å². The average Bonchev–Trinajstić information content (AvgIpc) is 2.66. The molecule has 0 rings (SSSR count). The van der Waals surface area contributed by atoms with Crippen molar-refractivity contribution >= 4 is 0 Å². The summed E-state index contributed by atoms with van der Waals surface area (Å²) in [5, 5.41) is 0. The highest BCUT2D eigenvalue weighted by Gasteiger charge is 2.20. The third-order valence-corrected chi connectivity index (χ3v) is 5.60. The van der Waals surface area contributed by atoms with E-state index in [1.807, 2.05) is 0 Å². The zero-order chi connectivity index (χ0) is 20.3. The first kappa shape index (κ1) is 26.8. The summed E-state index contributed by atoms with van der Waals surface area (Å²) in [7, 11) is 7.87. The van der Waals surface area contributed by atoms with E-state index in [1.54, 1.807) is 14.2 Å². The highest BCUT2D eigenvalue weighted by Crippen LogP contribution is 2.23. The maximum atomic E-state index is 5.61. The summed E-state index contributed by atoms with van der Waals surface area (Å²) in [4.78, 5) is 4.86. The predicted molar refractivity (Wildman–Crippen MR) is 118 cm³/mol. The van der Waals surface area contributed by atoms with Gasteiger partial charge in [0.05, 0.1) is 0 Å². The second-order valence-electron chi connectivity index (χ2n) is 8.24. The Bertz CT molecular complexity index is 296. The first-order valence-electron chi connectivity index (χ1n) is 11.5. The van der Waals surface area contributed by atoms with Crippen molar-refractivity contribution in [3.63, 3.8) is 0 Å². The number of hydrogen-bond donors (Lipinski definition) is 0. The Kier molecular flexibility index (Phi) is 19.1. The van der Waals surface area contributed by atoms with Crippen molar-refractivity contribution in [2.24, 2.45) is 5.92 Å². The van der Waals surface area contributed by atoms with Crippen molar-refractivity contribution in [1.29, 1.82) is 0 Å². The molecule has 0 aromatic carbocycles. The first-order valence-corrected chi connectivity index (χ1v) is 11.5. The molecule has 27 heavy (non-hydrogen) atoms. The molecule has 0 heterocycles. The number of rotatable bonds is 20. The van der Waals surface area contributed by atoms with Crippen LogP contribution in [0.15, 0.2) is 0 Å². The van der Waals surface area contributed by atoms with Crippen LogP contribution in [0.5, 0.6) is 0 Å². The minimum Gasteiger partial charge on any atom is -0.356 e. The Balaban J connectivity index is 4.13. The lowest BCUT2D eigenvalue weighted by atomic mass is 9.94. The molecular formula is C23H50N2O2. The summed E-state index contributed by atoms with van der Waals surface area (Å²) in [6, 6.07) is 0. The van der Waals surface area contributed by atoms with Crippen molar-refractivity contribution < 1.29 is 9.47 Å². The molecule has 0 aliphatic rings. The summed E-state index contributed by atoms with van der Waals surface area (Å²) in [6.07, 6.45) is 14.4. The molecule has 0 spiro atoms. The molecule has 0 saturated carbocycles. The Hall–Kier alpha value is -0.160. The molecule has 164 valence electrons.